The fourth-order valence-corrected chi connectivity index (χ4v) is 2.96. The van der Waals surface area contributed by atoms with Crippen LogP contribution in [0, 0.1) is 5.92 Å². The Hall–Kier alpha value is -0.0800. The average molecular weight is 183 g/mol. The smallest absolute Gasteiger partial charge is 0.0824 e. The van der Waals surface area contributed by atoms with Gasteiger partial charge in [-0.15, -0.1) is 0 Å². The minimum absolute atomic E-state index is 0.240. The molecule has 1 unspecified atom stereocenters. The van der Waals surface area contributed by atoms with Gasteiger partial charge in [-0.25, -0.2) is 0 Å². The van der Waals surface area contributed by atoms with E-state index in [0.717, 1.165) is 25.1 Å². The van der Waals surface area contributed by atoms with Crippen LogP contribution in [-0.2, 0) is 4.74 Å². The average Bonchev–Trinajstić information content (AvgIpc) is 2.60. The maximum absolute atomic E-state index is 5.91. The summed E-state index contributed by atoms with van der Waals surface area (Å²) in [6.45, 7) is 6.76. The Balaban J connectivity index is 2.05. The Bertz CT molecular complexity index is 185. The zero-order valence-electron chi connectivity index (χ0n) is 9.05. The summed E-state index contributed by atoms with van der Waals surface area (Å²) in [5, 5.41) is 0. The minimum Gasteiger partial charge on any atom is -0.374 e. The standard InChI is InChI=1S/C11H21NO/c1-9(2)10-7-11(8-12(10)3)5-4-6-13-11/h9-10H,4-8H2,1-3H3/t10-,11?/m0/s1. The first-order valence-electron chi connectivity index (χ1n) is 5.47. The highest BCUT2D eigenvalue weighted by Crippen LogP contribution is 2.39. The molecule has 0 aromatic rings. The minimum atomic E-state index is 0.240. The maximum atomic E-state index is 5.91. The first kappa shape index (κ1) is 9.47. The molecule has 0 bridgehead atoms. The highest BCUT2D eigenvalue weighted by molar-refractivity contribution is 4.99. The van der Waals surface area contributed by atoms with E-state index in [1.165, 1.54) is 19.3 Å². The van der Waals surface area contributed by atoms with Crippen molar-refractivity contribution in [1.82, 2.24) is 4.90 Å². The Labute approximate surface area is 81.3 Å². The molecular formula is C11H21NO. The van der Waals surface area contributed by atoms with Crippen LogP contribution in [0.25, 0.3) is 0 Å². The Morgan fingerprint density at radius 1 is 1.46 bits per heavy atom. The Kier molecular flexibility index (Phi) is 2.37. The molecule has 0 aliphatic carbocycles. The van der Waals surface area contributed by atoms with Crippen LogP contribution in [-0.4, -0.2) is 36.7 Å². The summed E-state index contributed by atoms with van der Waals surface area (Å²) in [5.41, 5.74) is 0.240. The van der Waals surface area contributed by atoms with Crippen LogP contribution in [0.3, 0.4) is 0 Å². The molecule has 0 saturated carbocycles. The van der Waals surface area contributed by atoms with Crippen molar-refractivity contribution < 1.29 is 4.74 Å². The zero-order valence-corrected chi connectivity index (χ0v) is 9.05. The molecule has 1 spiro atoms. The van der Waals surface area contributed by atoms with Gasteiger partial charge in [0.25, 0.3) is 0 Å². The molecule has 0 aromatic heterocycles. The van der Waals surface area contributed by atoms with Crippen molar-refractivity contribution in [2.75, 3.05) is 20.2 Å². The van der Waals surface area contributed by atoms with E-state index in [0.29, 0.717) is 0 Å². The van der Waals surface area contributed by atoms with Gasteiger partial charge in [-0.05, 0) is 32.2 Å². The SMILES string of the molecule is CC(C)[C@@H]1CC2(CCCO2)CN1C. The molecule has 0 amide bonds. The van der Waals surface area contributed by atoms with Crippen LogP contribution in [0.15, 0.2) is 0 Å². The lowest BCUT2D eigenvalue weighted by molar-refractivity contribution is 0.0139. The number of nitrogens with zero attached hydrogens (tertiary/aromatic N) is 1. The molecule has 0 N–H and O–H groups in total. The van der Waals surface area contributed by atoms with Gasteiger partial charge in [0.2, 0.25) is 0 Å². The van der Waals surface area contributed by atoms with Crippen molar-refractivity contribution >= 4 is 0 Å². The molecule has 2 nitrogen and oxygen atoms in total. The second-order valence-electron chi connectivity index (χ2n) is 5.07. The van der Waals surface area contributed by atoms with E-state index in [1.807, 2.05) is 0 Å². The number of likely N-dealkylation sites (tertiary alicyclic amines) is 1. The van der Waals surface area contributed by atoms with Gasteiger partial charge in [-0.3, -0.25) is 0 Å². The molecule has 2 heterocycles. The van der Waals surface area contributed by atoms with Gasteiger partial charge in [0.1, 0.15) is 0 Å². The van der Waals surface area contributed by atoms with Gasteiger partial charge < -0.3 is 9.64 Å². The van der Waals surface area contributed by atoms with Crippen LogP contribution < -0.4 is 0 Å². The summed E-state index contributed by atoms with van der Waals surface area (Å²) >= 11 is 0. The van der Waals surface area contributed by atoms with Crippen molar-refractivity contribution in [2.45, 2.75) is 44.8 Å². The lowest BCUT2D eigenvalue weighted by atomic mass is 9.92. The third-order valence-electron chi connectivity index (χ3n) is 3.64. The van der Waals surface area contributed by atoms with Gasteiger partial charge >= 0.3 is 0 Å². The third-order valence-corrected chi connectivity index (χ3v) is 3.64. The highest BCUT2D eigenvalue weighted by Gasteiger charge is 2.45. The van der Waals surface area contributed by atoms with Crippen molar-refractivity contribution in [1.29, 1.82) is 0 Å². The lowest BCUT2D eigenvalue weighted by Crippen LogP contribution is -2.31. The Morgan fingerprint density at radius 3 is 2.69 bits per heavy atom. The second kappa shape index (κ2) is 3.25. The van der Waals surface area contributed by atoms with Crippen LogP contribution in [0.2, 0.25) is 0 Å². The Morgan fingerprint density at radius 2 is 2.23 bits per heavy atom. The van der Waals surface area contributed by atoms with Crippen LogP contribution in [0.5, 0.6) is 0 Å². The zero-order chi connectivity index (χ0) is 9.47. The van der Waals surface area contributed by atoms with Gasteiger partial charge in [0, 0.05) is 19.2 Å². The van der Waals surface area contributed by atoms with Crippen molar-refractivity contribution in [3.8, 4) is 0 Å². The predicted molar refractivity (Wildman–Crippen MR) is 53.8 cm³/mol. The van der Waals surface area contributed by atoms with E-state index in [-0.39, 0.29) is 5.60 Å². The van der Waals surface area contributed by atoms with Crippen LogP contribution in [0.4, 0.5) is 0 Å². The van der Waals surface area contributed by atoms with Crippen LogP contribution in [0.1, 0.15) is 33.1 Å². The number of likely N-dealkylation sites (N-methyl/N-ethyl adjacent to an activating group) is 1. The summed E-state index contributed by atoms with van der Waals surface area (Å²) in [7, 11) is 2.24. The van der Waals surface area contributed by atoms with Crippen molar-refractivity contribution in [3.63, 3.8) is 0 Å². The molecule has 76 valence electrons. The molecule has 2 saturated heterocycles. The van der Waals surface area contributed by atoms with Crippen molar-refractivity contribution in [3.05, 3.63) is 0 Å². The fraction of sp³-hybridized carbons (Fsp3) is 1.00. The molecule has 2 heteroatoms. The summed E-state index contributed by atoms with van der Waals surface area (Å²) < 4.78 is 5.91. The molecule has 2 aliphatic rings. The molecule has 2 atom stereocenters. The van der Waals surface area contributed by atoms with Gasteiger partial charge in [-0.1, -0.05) is 13.8 Å². The summed E-state index contributed by atoms with van der Waals surface area (Å²) in [6, 6.07) is 0.734. The molecule has 0 aromatic carbocycles. The molecular weight excluding hydrogens is 162 g/mol. The third kappa shape index (κ3) is 1.62. The maximum Gasteiger partial charge on any atom is 0.0824 e. The number of rotatable bonds is 1. The van der Waals surface area contributed by atoms with Crippen LogP contribution >= 0.6 is 0 Å². The topological polar surface area (TPSA) is 12.5 Å². The molecule has 13 heavy (non-hydrogen) atoms. The first-order valence-corrected chi connectivity index (χ1v) is 5.47. The largest absolute Gasteiger partial charge is 0.374 e. The van der Waals surface area contributed by atoms with Gasteiger partial charge in [-0.2, -0.15) is 0 Å². The summed E-state index contributed by atoms with van der Waals surface area (Å²) in [4.78, 5) is 2.48. The summed E-state index contributed by atoms with van der Waals surface area (Å²) in [5.74, 6) is 0.758. The van der Waals surface area contributed by atoms with E-state index in [9.17, 15) is 0 Å². The predicted octanol–water partition coefficient (Wildman–Crippen LogP) is 1.90. The van der Waals surface area contributed by atoms with E-state index < -0.39 is 0 Å². The quantitative estimate of drug-likeness (QED) is 0.615. The van der Waals surface area contributed by atoms with E-state index in [4.69, 9.17) is 4.74 Å². The number of hydrogen-bond donors (Lipinski definition) is 0. The fourth-order valence-electron chi connectivity index (χ4n) is 2.96. The number of ether oxygens (including phenoxy) is 1. The first-order chi connectivity index (χ1) is 6.13. The van der Waals surface area contributed by atoms with E-state index in [2.05, 4.69) is 25.8 Å². The van der Waals surface area contributed by atoms with E-state index >= 15 is 0 Å². The second-order valence-corrected chi connectivity index (χ2v) is 5.07. The van der Waals surface area contributed by atoms with Crippen molar-refractivity contribution in [2.24, 2.45) is 5.92 Å². The van der Waals surface area contributed by atoms with E-state index in [1.54, 1.807) is 0 Å². The molecule has 2 fully saturated rings. The number of hydrogen-bond acceptors (Lipinski definition) is 2. The molecule has 0 radical (unpaired) electrons. The van der Waals surface area contributed by atoms with Gasteiger partial charge in [0.15, 0.2) is 0 Å². The monoisotopic (exact) mass is 183 g/mol. The summed E-state index contributed by atoms with van der Waals surface area (Å²) in [6.07, 6.45) is 3.79. The van der Waals surface area contributed by atoms with Gasteiger partial charge in [0.05, 0.1) is 5.60 Å². The molecule has 2 rings (SSSR count). The normalized spacial score (nSPS) is 41.1. The highest BCUT2D eigenvalue weighted by atomic mass is 16.5. The lowest BCUT2D eigenvalue weighted by Gasteiger charge is -2.22. The molecule has 2 aliphatic heterocycles.